The zero-order chi connectivity index (χ0) is 11.9. The van der Waals surface area contributed by atoms with E-state index < -0.39 is 0 Å². The van der Waals surface area contributed by atoms with Gasteiger partial charge in [-0.3, -0.25) is 4.79 Å². The summed E-state index contributed by atoms with van der Waals surface area (Å²) in [6.45, 7) is 12.9. The molecule has 0 saturated carbocycles. The standard InChI is InChI=1S/C13H25NO/c1-6-8-9-10-14(7-2)12(15)11-13(3,4)5/h7H,2,6,8-11H2,1,3-5H3. The third-order valence-corrected chi connectivity index (χ3v) is 2.22. The molecule has 0 N–H and O–H groups in total. The highest BCUT2D eigenvalue weighted by Crippen LogP contribution is 2.20. The fourth-order valence-corrected chi connectivity index (χ4v) is 1.41. The fourth-order valence-electron chi connectivity index (χ4n) is 1.41. The van der Waals surface area contributed by atoms with Crippen molar-refractivity contribution in [3.63, 3.8) is 0 Å². The monoisotopic (exact) mass is 211 g/mol. The summed E-state index contributed by atoms with van der Waals surface area (Å²) in [7, 11) is 0. The summed E-state index contributed by atoms with van der Waals surface area (Å²) in [4.78, 5) is 13.6. The number of unbranched alkanes of at least 4 members (excludes halogenated alkanes) is 2. The van der Waals surface area contributed by atoms with Gasteiger partial charge in [-0.05, 0) is 18.0 Å². The molecule has 0 saturated heterocycles. The topological polar surface area (TPSA) is 20.3 Å². The smallest absolute Gasteiger partial charge is 0.227 e. The predicted molar refractivity (Wildman–Crippen MR) is 65.5 cm³/mol. The van der Waals surface area contributed by atoms with Crippen LogP contribution in [0, 0.1) is 5.41 Å². The molecule has 0 aromatic rings. The number of carbonyl (C=O) groups is 1. The Balaban J connectivity index is 4.05. The molecule has 0 rings (SSSR count). The van der Waals surface area contributed by atoms with Gasteiger partial charge in [-0.25, -0.2) is 0 Å². The highest BCUT2D eigenvalue weighted by atomic mass is 16.2. The summed E-state index contributed by atoms with van der Waals surface area (Å²) in [5.74, 6) is 0.189. The predicted octanol–water partition coefficient (Wildman–Crippen LogP) is 3.58. The summed E-state index contributed by atoms with van der Waals surface area (Å²) in [6.07, 6.45) is 5.67. The van der Waals surface area contributed by atoms with Crippen LogP contribution in [-0.4, -0.2) is 17.4 Å². The van der Waals surface area contributed by atoms with Crippen molar-refractivity contribution in [2.75, 3.05) is 6.54 Å². The van der Waals surface area contributed by atoms with E-state index in [1.807, 2.05) is 0 Å². The van der Waals surface area contributed by atoms with Crippen molar-refractivity contribution in [3.05, 3.63) is 12.8 Å². The van der Waals surface area contributed by atoms with Gasteiger partial charge >= 0.3 is 0 Å². The highest BCUT2D eigenvalue weighted by Gasteiger charge is 2.19. The van der Waals surface area contributed by atoms with Gasteiger partial charge in [0.2, 0.25) is 5.91 Å². The van der Waals surface area contributed by atoms with Crippen LogP contribution in [0.5, 0.6) is 0 Å². The van der Waals surface area contributed by atoms with E-state index in [4.69, 9.17) is 0 Å². The van der Waals surface area contributed by atoms with Gasteiger partial charge < -0.3 is 4.90 Å². The number of hydrogen-bond donors (Lipinski definition) is 0. The fraction of sp³-hybridized carbons (Fsp3) is 0.769. The van der Waals surface area contributed by atoms with Gasteiger partial charge in [0.15, 0.2) is 0 Å². The molecular weight excluding hydrogens is 186 g/mol. The zero-order valence-electron chi connectivity index (χ0n) is 10.7. The Morgan fingerprint density at radius 3 is 2.33 bits per heavy atom. The lowest BCUT2D eigenvalue weighted by Crippen LogP contribution is -2.29. The summed E-state index contributed by atoms with van der Waals surface area (Å²) >= 11 is 0. The Kier molecular flexibility index (Phi) is 6.30. The van der Waals surface area contributed by atoms with Crippen molar-refractivity contribution in [1.82, 2.24) is 4.90 Å². The molecule has 0 aromatic heterocycles. The lowest BCUT2D eigenvalue weighted by atomic mass is 9.91. The van der Waals surface area contributed by atoms with Gasteiger partial charge in [0, 0.05) is 13.0 Å². The van der Waals surface area contributed by atoms with Gasteiger partial charge in [-0.1, -0.05) is 47.1 Å². The van der Waals surface area contributed by atoms with Crippen LogP contribution in [0.15, 0.2) is 12.8 Å². The molecule has 0 atom stereocenters. The second-order valence-electron chi connectivity index (χ2n) is 5.21. The van der Waals surface area contributed by atoms with Crippen molar-refractivity contribution in [2.45, 2.75) is 53.4 Å². The normalized spacial score (nSPS) is 11.2. The minimum atomic E-state index is 0.0586. The molecule has 2 heteroatoms. The number of nitrogens with zero attached hydrogens (tertiary/aromatic N) is 1. The average molecular weight is 211 g/mol. The number of amides is 1. The minimum absolute atomic E-state index is 0.0586. The third kappa shape index (κ3) is 7.18. The molecule has 0 radical (unpaired) electrons. The molecule has 0 spiro atoms. The van der Waals surface area contributed by atoms with Gasteiger partial charge in [0.05, 0.1) is 0 Å². The maximum absolute atomic E-state index is 11.8. The first-order valence-electron chi connectivity index (χ1n) is 5.82. The largest absolute Gasteiger partial charge is 0.320 e. The van der Waals surface area contributed by atoms with Crippen molar-refractivity contribution >= 4 is 5.91 Å². The molecule has 0 heterocycles. The first-order chi connectivity index (χ1) is 6.90. The molecule has 15 heavy (non-hydrogen) atoms. The van der Waals surface area contributed by atoms with Crippen LogP contribution >= 0.6 is 0 Å². The Morgan fingerprint density at radius 2 is 1.93 bits per heavy atom. The van der Waals surface area contributed by atoms with E-state index in [2.05, 4.69) is 34.3 Å². The third-order valence-electron chi connectivity index (χ3n) is 2.22. The highest BCUT2D eigenvalue weighted by molar-refractivity contribution is 5.77. The molecule has 0 fully saturated rings. The molecule has 0 aromatic carbocycles. The van der Waals surface area contributed by atoms with Crippen LogP contribution in [0.2, 0.25) is 0 Å². The second-order valence-corrected chi connectivity index (χ2v) is 5.21. The molecule has 0 aliphatic carbocycles. The van der Waals surface area contributed by atoms with Crippen molar-refractivity contribution in [3.8, 4) is 0 Å². The Bertz CT molecular complexity index is 203. The maximum atomic E-state index is 11.8. The van der Waals surface area contributed by atoms with E-state index in [-0.39, 0.29) is 11.3 Å². The van der Waals surface area contributed by atoms with Gasteiger partial charge in [0.25, 0.3) is 0 Å². The summed E-state index contributed by atoms with van der Waals surface area (Å²) in [6, 6.07) is 0. The van der Waals surface area contributed by atoms with E-state index >= 15 is 0 Å². The molecule has 0 bridgehead atoms. The SMILES string of the molecule is C=CN(CCCCC)C(=O)CC(C)(C)C. The van der Waals surface area contributed by atoms with Crippen molar-refractivity contribution in [2.24, 2.45) is 5.41 Å². The Labute approximate surface area is 94.4 Å². The first-order valence-corrected chi connectivity index (χ1v) is 5.82. The number of carbonyl (C=O) groups excluding carboxylic acids is 1. The summed E-state index contributed by atoms with van der Waals surface area (Å²) < 4.78 is 0. The molecule has 0 aliphatic heterocycles. The van der Waals surface area contributed by atoms with Crippen LogP contribution in [0.1, 0.15) is 53.4 Å². The van der Waals surface area contributed by atoms with Crippen LogP contribution in [0.4, 0.5) is 0 Å². The average Bonchev–Trinajstić information content (AvgIpc) is 2.09. The van der Waals surface area contributed by atoms with E-state index in [0.717, 1.165) is 13.0 Å². The molecule has 88 valence electrons. The number of hydrogen-bond acceptors (Lipinski definition) is 1. The van der Waals surface area contributed by atoms with Crippen LogP contribution < -0.4 is 0 Å². The van der Waals surface area contributed by atoms with E-state index in [1.165, 1.54) is 12.8 Å². The maximum Gasteiger partial charge on any atom is 0.227 e. The van der Waals surface area contributed by atoms with Crippen molar-refractivity contribution < 1.29 is 4.79 Å². The van der Waals surface area contributed by atoms with Crippen LogP contribution in [0.3, 0.4) is 0 Å². The van der Waals surface area contributed by atoms with Gasteiger partial charge in [-0.2, -0.15) is 0 Å². The molecule has 0 aliphatic rings. The van der Waals surface area contributed by atoms with Crippen LogP contribution in [-0.2, 0) is 4.79 Å². The molecule has 2 nitrogen and oxygen atoms in total. The van der Waals surface area contributed by atoms with Gasteiger partial charge in [0.1, 0.15) is 0 Å². The quantitative estimate of drug-likeness (QED) is 0.615. The molecule has 1 amide bonds. The zero-order valence-corrected chi connectivity index (χ0v) is 10.7. The lowest BCUT2D eigenvalue weighted by Gasteiger charge is -2.23. The summed E-state index contributed by atoms with van der Waals surface area (Å²) in [5, 5.41) is 0. The molecular formula is C13H25NO. The Hall–Kier alpha value is -0.790. The Morgan fingerprint density at radius 1 is 1.33 bits per heavy atom. The second kappa shape index (κ2) is 6.65. The van der Waals surface area contributed by atoms with E-state index in [0.29, 0.717) is 6.42 Å². The van der Waals surface area contributed by atoms with Gasteiger partial charge in [-0.15, -0.1) is 0 Å². The van der Waals surface area contributed by atoms with E-state index in [9.17, 15) is 4.79 Å². The van der Waals surface area contributed by atoms with E-state index in [1.54, 1.807) is 11.1 Å². The summed E-state index contributed by atoms with van der Waals surface area (Å²) in [5.41, 5.74) is 0.0586. The van der Waals surface area contributed by atoms with Crippen molar-refractivity contribution in [1.29, 1.82) is 0 Å². The van der Waals surface area contributed by atoms with Crippen LogP contribution in [0.25, 0.3) is 0 Å². The first kappa shape index (κ1) is 14.2. The lowest BCUT2D eigenvalue weighted by molar-refractivity contribution is -0.130. The molecule has 0 unspecified atom stereocenters. The number of rotatable bonds is 6. The minimum Gasteiger partial charge on any atom is -0.320 e.